The van der Waals surface area contributed by atoms with E-state index in [4.69, 9.17) is 17.3 Å². The van der Waals surface area contributed by atoms with Crippen molar-refractivity contribution in [2.24, 2.45) is 5.73 Å². The summed E-state index contributed by atoms with van der Waals surface area (Å²) in [4.78, 5) is 11.8. The van der Waals surface area contributed by atoms with Crippen LogP contribution >= 0.6 is 11.6 Å². The van der Waals surface area contributed by atoms with Gasteiger partial charge in [0.15, 0.2) is 0 Å². The number of carbonyl (C=O) groups is 1. The molecule has 0 heterocycles. The van der Waals surface area contributed by atoms with E-state index in [1.807, 2.05) is 31.2 Å². The number of nitrogens with two attached hydrogens (primary N) is 1. The zero-order valence-electron chi connectivity index (χ0n) is 10.5. The molecule has 94 valence electrons. The first kappa shape index (κ1) is 14.0. The van der Waals surface area contributed by atoms with Gasteiger partial charge < -0.3 is 11.1 Å². The Morgan fingerprint density at radius 2 is 2.18 bits per heavy atom. The van der Waals surface area contributed by atoms with Crippen LogP contribution < -0.4 is 11.1 Å². The van der Waals surface area contributed by atoms with E-state index in [2.05, 4.69) is 5.32 Å². The number of rotatable bonds is 4. The number of hydrogen-bond acceptors (Lipinski definition) is 2. The van der Waals surface area contributed by atoms with Crippen LogP contribution in [0.4, 0.5) is 0 Å². The van der Waals surface area contributed by atoms with Crippen LogP contribution in [0, 0.1) is 0 Å². The topological polar surface area (TPSA) is 55.1 Å². The van der Waals surface area contributed by atoms with Gasteiger partial charge in [0, 0.05) is 5.02 Å². The van der Waals surface area contributed by atoms with Crippen molar-refractivity contribution in [2.45, 2.75) is 38.8 Å². The normalized spacial score (nSPS) is 13.2. The Labute approximate surface area is 107 Å². The average Bonchev–Trinajstić information content (AvgIpc) is 2.24. The van der Waals surface area contributed by atoms with Gasteiger partial charge in [0.05, 0.1) is 11.6 Å². The fourth-order valence-corrected chi connectivity index (χ4v) is 1.69. The van der Waals surface area contributed by atoms with Gasteiger partial charge in [0.2, 0.25) is 5.91 Å². The predicted molar refractivity (Wildman–Crippen MR) is 70.9 cm³/mol. The van der Waals surface area contributed by atoms with Gasteiger partial charge in [-0.15, -0.1) is 0 Å². The summed E-state index contributed by atoms with van der Waals surface area (Å²) in [6.45, 7) is 5.38. The molecule has 0 fully saturated rings. The second kappa shape index (κ2) is 5.52. The first-order valence-electron chi connectivity index (χ1n) is 5.70. The Bertz CT molecular complexity index is 399. The van der Waals surface area contributed by atoms with E-state index in [9.17, 15) is 4.79 Å². The lowest BCUT2D eigenvalue weighted by Gasteiger charge is -2.24. The minimum atomic E-state index is -0.869. The third kappa shape index (κ3) is 4.02. The van der Waals surface area contributed by atoms with Crippen LogP contribution in [0.25, 0.3) is 0 Å². The van der Waals surface area contributed by atoms with Gasteiger partial charge in [-0.2, -0.15) is 0 Å². The van der Waals surface area contributed by atoms with Crippen molar-refractivity contribution in [1.82, 2.24) is 5.32 Å². The average molecular weight is 255 g/mol. The Morgan fingerprint density at radius 3 is 2.65 bits per heavy atom. The summed E-state index contributed by atoms with van der Waals surface area (Å²) in [6, 6.07) is 7.44. The van der Waals surface area contributed by atoms with Gasteiger partial charge in [0.1, 0.15) is 0 Å². The van der Waals surface area contributed by atoms with Crippen molar-refractivity contribution in [2.75, 3.05) is 0 Å². The van der Waals surface area contributed by atoms with Crippen LogP contribution in [-0.4, -0.2) is 11.4 Å². The van der Waals surface area contributed by atoms with Crippen molar-refractivity contribution < 1.29 is 4.79 Å². The summed E-state index contributed by atoms with van der Waals surface area (Å²) in [5, 5.41) is 3.60. The van der Waals surface area contributed by atoms with Gasteiger partial charge in [-0.1, -0.05) is 30.7 Å². The molecule has 1 rings (SSSR count). The number of carbonyl (C=O) groups excluding carboxylic acids is 1. The highest BCUT2D eigenvalue weighted by Crippen LogP contribution is 2.20. The van der Waals surface area contributed by atoms with Crippen LogP contribution in [0.1, 0.15) is 38.8 Å². The van der Waals surface area contributed by atoms with Crippen LogP contribution in [0.3, 0.4) is 0 Å². The smallest absolute Gasteiger partial charge is 0.239 e. The molecule has 3 nitrogen and oxygen atoms in total. The summed E-state index contributed by atoms with van der Waals surface area (Å²) in [5.74, 6) is -0.163. The second-order valence-electron chi connectivity index (χ2n) is 4.71. The lowest BCUT2D eigenvalue weighted by molar-refractivity contribution is -0.126. The molecule has 0 bridgehead atoms. The lowest BCUT2D eigenvalue weighted by Crippen LogP contribution is -2.49. The molecule has 4 heteroatoms. The summed E-state index contributed by atoms with van der Waals surface area (Å²) < 4.78 is 0. The molecule has 0 spiro atoms. The Balaban J connectivity index is 2.83. The molecule has 0 saturated carbocycles. The van der Waals surface area contributed by atoms with E-state index in [-0.39, 0.29) is 11.9 Å². The zero-order valence-corrected chi connectivity index (χ0v) is 11.2. The number of benzene rings is 1. The molecule has 1 aromatic carbocycles. The molecule has 1 atom stereocenters. The summed E-state index contributed by atoms with van der Waals surface area (Å²) in [5.41, 5.74) is 5.88. The van der Waals surface area contributed by atoms with E-state index in [1.165, 1.54) is 0 Å². The minimum absolute atomic E-state index is 0.0518. The first-order valence-corrected chi connectivity index (χ1v) is 6.07. The highest BCUT2D eigenvalue weighted by molar-refractivity contribution is 6.30. The van der Waals surface area contributed by atoms with Gasteiger partial charge in [-0.05, 0) is 38.0 Å². The number of halogens is 1. The molecule has 0 aliphatic heterocycles. The Hall–Kier alpha value is -1.06. The molecule has 0 aliphatic rings. The Kier molecular flexibility index (Phi) is 4.54. The second-order valence-corrected chi connectivity index (χ2v) is 5.15. The summed E-state index contributed by atoms with van der Waals surface area (Å²) in [6.07, 6.45) is 0.794. The van der Waals surface area contributed by atoms with Crippen molar-refractivity contribution in [3.05, 3.63) is 34.9 Å². The first-order chi connectivity index (χ1) is 7.84. The molecule has 0 aliphatic carbocycles. The van der Waals surface area contributed by atoms with E-state index in [0.717, 1.165) is 12.0 Å². The van der Waals surface area contributed by atoms with Gasteiger partial charge in [0.25, 0.3) is 0 Å². The Morgan fingerprint density at radius 1 is 1.53 bits per heavy atom. The van der Waals surface area contributed by atoms with Gasteiger partial charge in [-0.3, -0.25) is 4.79 Å². The maximum absolute atomic E-state index is 11.8. The highest BCUT2D eigenvalue weighted by atomic mass is 35.5. The molecular formula is C13H19ClN2O. The van der Waals surface area contributed by atoms with E-state index < -0.39 is 5.54 Å². The maximum atomic E-state index is 11.8. The monoisotopic (exact) mass is 254 g/mol. The van der Waals surface area contributed by atoms with Crippen LogP contribution in [0.5, 0.6) is 0 Å². The third-order valence-corrected chi connectivity index (χ3v) is 2.78. The summed E-state index contributed by atoms with van der Waals surface area (Å²) >= 11 is 5.93. The van der Waals surface area contributed by atoms with E-state index in [0.29, 0.717) is 5.02 Å². The van der Waals surface area contributed by atoms with Crippen molar-refractivity contribution in [3.8, 4) is 0 Å². The van der Waals surface area contributed by atoms with E-state index in [1.54, 1.807) is 13.8 Å². The molecule has 0 radical (unpaired) electrons. The molecule has 1 unspecified atom stereocenters. The summed E-state index contributed by atoms with van der Waals surface area (Å²) in [7, 11) is 0. The standard InChI is InChI=1S/C13H19ClN2O/c1-4-11(16-12(17)13(2,3)15)9-6-5-7-10(14)8-9/h5-8,11H,4,15H2,1-3H3,(H,16,17). The van der Waals surface area contributed by atoms with Crippen LogP contribution in [0.2, 0.25) is 5.02 Å². The number of hydrogen-bond donors (Lipinski definition) is 2. The molecule has 17 heavy (non-hydrogen) atoms. The number of amides is 1. The van der Waals surface area contributed by atoms with E-state index >= 15 is 0 Å². The molecule has 0 aromatic heterocycles. The fraction of sp³-hybridized carbons (Fsp3) is 0.462. The van der Waals surface area contributed by atoms with Crippen molar-refractivity contribution in [1.29, 1.82) is 0 Å². The van der Waals surface area contributed by atoms with Crippen LogP contribution in [-0.2, 0) is 4.79 Å². The zero-order chi connectivity index (χ0) is 13.1. The maximum Gasteiger partial charge on any atom is 0.239 e. The molecule has 0 saturated heterocycles. The quantitative estimate of drug-likeness (QED) is 0.868. The number of nitrogens with one attached hydrogen (secondary N) is 1. The predicted octanol–water partition coefficient (Wildman–Crippen LogP) is 2.64. The SMILES string of the molecule is CCC(NC(=O)C(C)(C)N)c1cccc(Cl)c1. The fourth-order valence-electron chi connectivity index (χ4n) is 1.49. The molecular weight excluding hydrogens is 236 g/mol. The van der Waals surface area contributed by atoms with Gasteiger partial charge in [-0.25, -0.2) is 0 Å². The van der Waals surface area contributed by atoms with Crippen molar-refractivity contribution in [3.63, 3.8) is 0 Å². The third-order valence-electron chi connectivity index (χ3n) is 2.55. The highest BCUT2D eigenvalue weighted by Gasteiger charge is 2.24. The minimum Gasteiger partial charge on any atom is -0.348 e. The molecule has 1 amide bonds. The molecule has 3 N–H and O–H groups in total. The van der Waals surface area contributed by atoms with Crippen molar-refractivity contribution >= 4 is 17.5 Å². The largest absolute Gasteiger partial charge is 0.348 e. The molecule has 1 aromatic rings. The van der Waals surface area contributed by atoms with Gasteiger partial charge >= 0.3 is 0 Å². The van der Waals surface area contributed by atoms with Crippen LogP contribution in [0.15, 0.2) is 24.3 Å². The lowest BCUT2D eigenvalue weighted by atomic mass is 10.0.